The Balaban J connectivity index is 2.12. The van der Waals surface area contributed by atoms with Crippen molar-refractivity contribution in [3.8, 4) is 0 Å². The molecule has 0 bridgehead atoms. The van der Waals surface area contributed by atoms with Crippen molar-refractivity contribution in [3.63, 3.8) is 0 Å². The van der Waals surface area contributed by atoms with E-state index in [0.717, 1.165) is 19.4 Å². The van der Waals surface area contributed by atoms with Crippen LogP contribution in [-0.2, 0) is 4.74 Å². The maximum absolute atomic E-state index is 5.62. The van der Waals surface area contributed by atoms with Crippen molar-refractivity contribution < 1.29 is 4.74 Å². The van der Waals surface area contributed by atoms with E-state index in [1.165, 1.54) is 15.0 Å². The van der Waals surface area contributed by atoms with E-state index in [1.807, 2.05) is 0 Å². The summed E-state index contributed by atoms with van der Waals surface area (Å²) in [5.41, 5.74) is 2.89. The first-order valence-electron chi connectivity index (χ1n) is 5.78. The van der Waals surface area contributed by atoms with Crippen LogP contribution in [0.4, 0.5) is 0 Å². The second-order valence-corrected chi connectivity index (χ2v) is 5.16. The van der Waals surface area contributed by atoms with E-state index in [0.29, 0.717) is 0 Å². The molecule has 0 saturated heterocycles. The molecule has 3 N–H and O–H groups in total. The van der Waals surface area contributed by atoms with Gasteiger partial charge in [0.2, 0.25) is 0 Å². The average Bonchev–Trinajstić information content (AvgIpc) is 2.78. The lowest BCUT2D eigenvalue weighted by atomic mass is 10.1. The number of fused-ring (bicyclic) bond motifs is 1. The van der Waals surface area contributed by atoms with Gasteiger partial charge >= 0.3 is 0 Å². The third-order valence-corrected chi connectivity index (χ3v) is 4.06. The Morgan fingerprint density at radius 2 is 2.24 bits per heavy atom. The number of methoxy groups -OCH3 is 1. The Morgan fingerprint density at radius 3 is 2.94 bits per heavy atom. The molecule has 1 aromatic carbocycles. The van der Waals surface area contributed by atoms with E-state index in [-0.39, 0.29) is 6.04 Å². The number of hydrazine groups is 1. The molecule has 0 amide bonds. The fourth-order valence-electron chi connectivity index (χ4n) is 1.91. The summed E-state index contributed by atoms with van der Waals surface area (Å²) >= 11 is 1.80. The predicted octanol–water partition coefficient (Wildman–Crippen LogP) is 2.83. The first kappa shape index (κ1) is 12.5. The molecule has 0 saturated carbocycles. The van der Waals surface area contributed by atoms with Gasteiger partial charge in [-0.25, -0.2) is 0 Å². The molecule has 92 valence electrons. The van der Waals surface area contributed by atoms with Crippen LogP contribution in [0.5, 0.6) is 0 Å². The Bertz CT molecular complexity index is 436. The highest BCUT2D eigenvalue weighted by Crippen LogP contribution is 2.31. The van der Waals surface area contributed by atoms with Gasteiger partial charge in [-0.15, -0.1) is 11.3 Å². The smallest absolute Gasteiger partial charge is 0.0554 e. The number of ether oxygens (including phenoxy) is 1. The molecule has 0 spiro atoms. The molecule has 17 heavy (non-hydrogen) atoms. The van der Waals surface area contributed by atoms with Gasteiger partial charge in [0.05, 0.1) is 6.04 Å². The molecule has 1 heterocycles. The van der Waals surface area contributed by atoms with Crippen molar-refractivity contribution in [1.29, 1.82) is 0 Å². The SMILES string of the molecule is COCCCC(NN)c1cc2ccccc2s1. The highest BCUT2D eigenvalue weighted by atomic mass is 32.1. The lowest BCUT2D eigenvalue weighted by Crippen LogP contribution is -2.27. The van der Waals surface area contributed by atoms with Gasteiger partial charge < -0.3 is 4.74 Å². The first-order valence-corrected chi connectivity index (χ1v) is 6.60. The number of rotatable bonds is 6. The molecule has 0 aliphatic rings. The van der Waals surface area contributed by atoms with E-state index in [1.54, 1.807) is 18.4 Å². The molecule has 0 aliphatic heterocycles. The quantitative estimate of drug-likeness (QED) is 0.471. The van der Waals surface area contributed by atoms with Gasteiger partial charge in [-0.3, -0.25) is 11.3 Å². The summed E-state index contributed by atoms with van der Waals surface area (Å²) in [7, 11) is 1.73. The third kappa shape index (κ3) is 3.04. The molecule has 1 aromatic heterocycles. The van der Waals surface area contributed by atoms with Gasteiger partial charge in [0.25, 0.3) is 0 Å². The zero-order valence-corrected chi connectivity index (χ0v) is 10.8. The third-order valence-electron chi connectivity index (χ3n) is 2.83. The molecule has 0 aliphatic carbocycles. The molecule has 1 unspecified atom stereocenters. The van der Waals surface area contributed by atoms with E-state index in [2.05, 4.69) is 35.8 Å². The Labute approximate surface area is 106 Å². The summed E-state index contributed by atoms with van der Waals surface area (Å²) < 4.78 is 6.38. The molecule has 3 nitrogen and oxygen atoms in total. The second kappa shape index (κ2) is 6.12. The van der Waals surface area contributed by atoms with Crippen LogP contribution in [0.2, 0.25) is 0 Å². The van der Waals surface area contributed by atoms with Crippen molar-refractivity contribution in [2.45, 2.75) is 18.9 Å². The van der Waals surface area contributed by atoms with Gasteiger partial charge in [-0.2, -0.15) is 0 Å². The molecular formula is C13H18N2OS. The van der Waals surface area contributed by atoms with Crippen LogP contribution in [0.1, 0.15) is 23.8 Å². The van der Waals surface area contributed by atoms with Gasteiger partial charge in [0.15, 0.2) is 0 Å². The predicted molar refractivity (Wildman–Crippen MR) is 73.0 cm³/mol. The number of nitrogens with two attached hydrogens (primary N) is 1. The number of hydrogen-bond acceptors (Lipinski definition) is 4. The number of benzene rings is 1. The monoisotopic (exact) mass is 250 g/mol. The topological polar surface area (TPSA) is 47.3 Å². The van der Waals surface area contributed by atoms with E-state index < -0.39 is 0 Å². The van der Waals surface area contributed by atoms with Gasteiger partial charge in [0, 0.05) is 23.3 Å². The molecule has 2 rings (SSSR count). The van der Waals surface area contributed by atoms with Gasteiger partial charge in [-0.05, 0) is 30.4 Å². The largest absolute Gasteiger partial charge is 0.385 e. The minimum Gasteiger partial charge on any atom is -0.385 e. The van der Waals surface area contributed by atoms with Crippen LogP contribution >= 0.6 is 11.3 Å². The highest BCUT2D eigenvalue weighted by Gasteiger charge is 2.12. The van der Waals surface area contributed by atoms with E-state index in [4.69, 9.17) is 10.6 Å². The first-order chi connectivity index (χ1) is 8.35. The Hall–Kier alpha value is -0.940. The second-order valence-electron chi connectivity index (χ2n) is 4.04. The minimum absolute atomic E-state index is 0.225. The normalized spacial score (nSPS) is 13.1. The maximum atomic E-state index is 5.62. The maximum Gasteiger partial charge on any atom is 0.0554 e. The molecule has 4 heteroatoms. The van der Waals surface area contributed by atoms with Crippen LogP contribution in [0.15, 0.2) is 30.3 Å². The standard InChI is InChI=1S/C13H18N2OS/c1-16-8-4-6-11(15-14)13-9-10-5-2-3-7-12(10)17-13/h2-3,5,7,9,11,15H,4,6,8,14H2,1H3. The number of thiophene rings is 1. The Morgan fingerprint density at radius 1 is 1.41 bits per heavy atom. The average molecular weight is 250 g/mol. The van der Waals surface area contributed by atoms with Crippen molar-refractivity contribution in [3.05, 3.63) is 35.2 Å². The number of nitrogens with one attached hydrogen (secondary N) is 1. The molecule has 0 radical (unpaired) electrons. The van der Waals surface area contributed by atoms with Crippen LogP contribution < -0.4 is 11.3 Å². The summed E-state index contributed by atoms with van der Waals surface area (Å²) in [6.45, 7) is 0.781. The number of hydrogen-bond donors (Lipinski definition) is 2. The lowest BCUT2D eigenvalue weighted by Gasteiger charge is -2.13. The van der Waals surface area contributed by atoms with Gasteiger partial charge in [-0.1, -0.05) is 18.2 Å². The molecular weight excluding hydrogens is 232 g/mol. The van der Waals surface area contributed by atoms with Crippen molar-refractivity contribution in [2.24, 2.45) is 5.84 Å². The van der Waals surface area contributed by atoms with Crippen LogP contribution in [0.25, 0.3) is 10.1 Å². The summed E-state index contributed by atoms with van der Waals surface area (Å²) in [6, 6.07) is 10.9. The highest BCUT2D eigenvalue weighted by molar-refractivity contribution is 7.19. The van der Waals surface area contributed by atoms with Crippen molar-refractivity contribution >= 4 is 21.4 Å². The lowest BCUT2D eigenvalue weighted by molar-refractivity contribution is 0.189. The summed E-state index contributed by atoms with van der Waals surface area (Å²) in [5, 5.41) is 1.29. The van der Waals surface area contributed by atoms with Gasteiger partial charge in [0.1, 0.15) is 0 Å². The summed E-state index contributed by atoms with van der Waals surface area (Å²) in [4.78, 5) is 1.30. The fraction of sp³-hybridized carbons (Fsp3) is 0.385. The summed E-state index contributed by atoms with van der Waals surface area (Å²) in [6.07, 6.45) is 2.01. The molecule has 2 aromatic rings. The molecule has 1 atom stereocenters. The van der Waals surface area contributed by atoms with Crippen molar-refractivity contribution in [2.75, 3.05) is 13.7 Å². The fourth-order valence-corrected chi connectivity index (χ4v) is 3.07. The molecule has 0 fully saturated rings. The zero-order valence-electron chi connectivity index (χ0n) is 9.98. The van der Waals surface area contributed by atoms with Crippen LogP contribution in [0, 0.1) is 0 Å². The van der Waals surface area contributed by atoms with E-state index >= 15 is 0 Å². The van der Waals surface area contributed by atoms with Crippen LogP contribution in [0.3, 0.4) is 0 Å². The minimum atomic E-state index is 0.225. The van der Waals surface area contributed by atoms with E-state index in [9.17, 15) is 0 Å². The zero-order chi connectivity index (χ0) is 12.1. The Kier molecular flexibility index (Phi) is 4.50. The summed E-state index contributed by atoms with van der Waals surface area (Å²) in [5.74, 6) is 5.62. The van der Waals surface area contributed by atoms with Crippen molar-refractivity contribution in [1.82, 2.24) is 5.43 Å². The van der Waals surface area contributed by atoms with Crippen LogP contribution in [-0.4, -0.2) is 13.7 Å².